The topological polar surface area (TPSA) is 62.0 Å². The summed E-state index contributed by atoms with van der Waals surface area (Å²) < 4.78 is 28.0. The Labute approximate surface area is 174 Å². The SMILES string of the molecule is CC[NH+](CC)CCN1C(=O)C(=O)/C(=C(/O)c2ccc(F)cc2)[C@H]1c1ccccc1F. The molecule has 30 heavy (non-hydrogen) atoms. The highest BCUT2D eigenvalue weighted by molar-refractivity contribution is 6.46. The molecule has 0 aromatic heterocycles. The van der Waals surface area contributed by atoms with Crippen LogP contribution < -0.4 is 4.90 Å². The number of ketones is 1. The number of amides is 1. The average Bonchev–Trinajstić information content (AvgIpc) is 2.99. The minimum atomic E-state index is -1.05. The number of halogens is 2. The van der Waals surface area contributed by atoms with Gasteiger partial charge in [-0.3, -0.25) is 9.59 Å². The summed E-state index contributed by atoms with van der Waals surface area (Å²) >= 11 is 0. The number of carbonyl (C=O) groups is 2. The van der Waals surface area contributed by atoms with Crippen LogP contribution in [0.3, 0.4) is 0 Å². The molecule has 0 unspecified atom stereocenters. The summed E-state index contributed by atoms with van der Waals surface area (Å²) in [4.78, 5) is 28.2. The molecular formula is C23H25F2N2O3+. The van der Waals surface area contributed by atoms with Gasteiger partial charge in [-0.05, 0) is 44.2 Å². The lowest BCUT2D eigenvalue weighted by Crippen LogP contribution is -3.12. The first-order valence-corrected chi connectivity index (χ1v) is 10.0. The molecule has 0 saturated carbocycles. The summed E-state index contributed by atoms with van der Waals surface area (Å²) in [5.41, 5.74) is 0.131. The highest BCUT2D eigenvalue weighted by Gasteiger charge is 2.47. The maximum Gasteiger partial charge on any atom is 0.295 e. The van der Waals surface area contributed by atoms with E-state index in [1.807, 2.05) is 13.8 Å². The summed E-state index contributed by atoms with van der Waals surface area (Å²) in [6.45, 7) is 6.56. The standard InChI is InChI=1S/C23H24F2N2O3/c1-3-26(4-2)13-14-27-20(17-7-5-6-8-18(17)25)19(22(29)23(27)30)21(28)15-9-11-16(24)12-10-15/h5-12,20,28H,3-4,13-14H2,1-2H3/p+1/b21-19+/t20-/m1/s1. The number of likely N-dealkylation sites (N-methyl/N-ethyl adjacent to an activating group) is 1. The van der Waals surface area contributed by atoms with Gasteiger partial charge in [-0.15, -0.1) is 0 Å². The van der Waals surface area contributed by atoms with E-state index in [0.717, 1.165) is 25.2 Å². The summed E-state index contributed by atoms with van der Waals surface area (Å²) in [6.07, 6.45) is 0. The van der Waals surface area contributed by atoms with Gasteiger partial charge in [0.2, 0.25) is 0 Å². The number of aliphatic hydroxyl groups is 1. The average molecular weight is 415 g/mol. The van der Waals surface area contributed by atoms with Crippen molar-refractivity contribution in [2.75, 3.05) is 26.2 Å². The second kappa shape index (κ2) is 9.17. The number of aliphatic hydroxyl groups excluding tert-OH is 1. The molecule has 1 fully saturated rings. The van der Waals surface area contributed by atoms with Crippen LogP contribution in [0.4, 0.5) is 8.78 Å². The molecule has 0 spiro atoms. The third-order valence-corrected chi connectivity index (χ3v) is 5.56. The Kier molecular flexibility index (Phi) is 6.62. The van der Waals surface area contributed by atoms with Gasteiger partial charge in [0.15, 0.2) is 0 Å². The number of carbonyl (C=O) groups excluding carboxylic acids is 2. The molecule has 0 radical (unpaired) electrons. The molecule has 5 nitrogen and oxygen atoms in total. The summed E-state index contributed by atoms with van der Waals surface area (Å²) in [5, 5.41) is 10.8. The zero-order valence-corrected chi connectivity index (χ0v) is 17.0. The summed E-state index contributed by atoms with van der Waals surface area (Å²) in [5.74, 6) is -3.17. The van der Waals surface area contributed by atoms with Crippen LogP contribution in [0, 0.1) is 11.6 Å². The molecule has 0 bridgehead atoms. The van der Waals surface area contributed by atoms with Gasteiger partial charge >= 0.3 is 0 Å². The zero-order chi connectivity index (χ0) is 21.8. The Morgan fingerprint density at radius 1 is 1.03 bits per heavy atom. The van der Waals surface area contributed by atoms with Crippen LogP contribution >= 0.6 is 0 Å². The van der Waals surface area contributed by atoms with Crippen molar-refractivity contribution in [3.05, 3.63) is 76.9 Å². The van der Waals surface area contributed by atoms with Crippen molar-refractivity contribution in [3.63, 3.8) is 0 Å². The molecule has 0 aliphatic carbocycles. The van der Waals surface area contributed by atoms with E-state index in [-0.39, 0.29) is 23.2 Å². The second-order valence-corrected chi connectivity index (χ2v) is 7.23. The van der Waals surface area contributed by atoms with E-state index >= 15 is 0 Å². The van der Waals surface area contributed by atoms with Crippen LogP contribution in [0.1, 0.15) is 31.0 Å². The summed E-state index contributed by atoms with van der Waals surface area (Å²) in [6, 6.07) is 9.76. The Hall–Kier alpha value is -3.06. The van der Waals surface area contributed by atoms with Gasteiger partial charge in [0.25, 0.3) is 11.7 Å². The number of likely N-dealkylation sites (tertiary alicyclic amines) is 1. The van der Waals surface area contributed by atoms with Crippen molar-refractivity contribution in [2.24, 2.45) is 0 Å². The van der Waals surface area contributed by atoms with E-state index < -0.39 is 35.1 Å². The lowest BCUT2D eigenvalue weighted by molar-refractivity contribution is -0.895. The summed E-state index contributed by atoms with van der Waals surface area (Å²) in [7, 11) is 0. The molecule has 2 aromatic rings. The number of hydrogen-bond donors (Lipinski definition) is 2. The molecule has 7 heteroatoms. The van der Waals surface area contributed by atoms with Gasteiger partial charge in [0.1, 0.15) is 17.4 Å². The Morgan fingerprint density at radius 2 is 1.67 bits per heavy atom. The lowest BCUT2D eigenvalue weighted by atomic mass is 9.95. The van der Waals surface area contributed by atoms with Crippen LogP contribution in [0.2, 0.25) is 0 Å². The number of benzene rings is 2. The molecular weight excluding hydrogens is 390 g/mol. The fourth-order valence-corrected chi connectivity index (χ4v) is 3.78. The van der Waals surface area contributed by atoms with Gasteiger partial charge in [0.05, 0.1) is 37.8 Å². The maximum absolute atomic E-state index is 14.7. The fourth-order valence-electron chi connectivity index (χ4n) is 3.78. The highest BCUT2D eigenvalue weighted by atomic mass is 19.1. The van der Waals surface area contributed by atoms with Gasteiger partial charge in [0, 0.05) is 11.1 Å². The van der Waals surface area contributed by atoms with E-state index in [1.54, 1.807) is 6.07 Å². The van der Waals surface area contributed by atoms with Crippen molar-refractivity contribution in [2.45, 2.75) is 19.9 Å². The predicted octanol–water partition coefficient (Wildman–Crippen LogP) is 2.31. The lowest BCUT2D eigenvalue weighted by Gasteiger charge is -2.27. The van der Waals surface area contributed by atoms with Crippen molar-refractivity contribution in [3.8, 4) is 0 Å². The van der Waals surface area contributed by atoms with E-state index in [0.29, 0.717) is 6.54 Å². The largest absolute Gasteiger partial charge is 0.507 e. The molecule has 3 rings (SSSR count). The van der Waals surface area contributed by atoms with Crippen LogP contribution in [0.25, 0.3) is 5.76 Å². The molecule has 2 N–H and O–H groups in total. The molecule has 1 aliphatic rings. The fraction of sp³-hybridized carbons (Fsp3) is 0.304. The van der Waals surface area contributed by atoms with Crippen molar-refractivity contribution >= 4 is 17.4 Å². The predicted molar refractivity (Wildman–Crippen MR) is 109 cm³/mol. The minimum Gasteiger partial charge on any atom is -0.507 e. The first kappa shape index (κ1) is 21.6. The Balaban J connectivity index is 2.11. The number of rotatable bonds is 7. The van der Waals surface area contributed by atoms with Crippen LogP contribution in [0.5, 0.6) is 0 Å². The monoisotopic (exact) mass is 415 g/mol. The smallest absolute Gasteiger partial charge is 0.295 e. The first-order valence-electron chi connectivity index (χ1n) is 10.0. The highest BCUT2D eigenvalue weighted by Crippen LogP contribution is 2.39. The van der Waals surface area contributed by atoms with Gasteiger partial charge < -0.3 is 14.9 Å². The van der Waals surface area contributed by atoms with E-state index in [1.165, 1.54) is 40.1 Å². The van der Waals surface area contributed by atoms with E-state index in [2.05, 4.69) is 0 Å². The zero-order valence-electron chi connectivity index (χ0n) is 17.0. The first-order chi connectivity index (χ1) is 14.4. The Morgan fingerprint density at radius 3 is 2.27 bits per heavy atom. The molecule has 1 amide bonds. The number of nitrogens with one attached hydrogen (secondary N) is 1. The van der Waals surface area contributed by atoms with Crippen molar-refractivity contribution < 1.29 is 28.4 Å². The van der Waals surface area contributed by atoms with Crippen molar-refractivity contribution in [1.29, 1.82) is 0 Å². The molecule has 1 atom stereocenters. The third kappa shape index (κ3) is 4.11. The molecule has 1 heterocycles. The van der Waals surface area contributed by atoms with Gasteiger partial charge in [-0.2, -0.15) is 0 Å². The number of hydrogen-bond acceptors (Lipinski definition) is 3. The second-order valence-electron chi connectivity index (χ2n) is 7.23. The van der Waals surface area contributed by atoms with Crippen LogP contribution in [-0.2, 0) is 9.59 Å². The van der Waals surface area contributed by atoms with E-state index in [4.69, 9.17) is 0 Å². The van der Waals surface area contributed by atoms with Gasteiger partial charge in [-0.25, -0.2) is 8.78 Å². The molecule has 158 valence electrons. The molecule has 1 aliphatic heterocycles. The number of quaternary nitrogens is 1. The number of Topliss-reactive ketones (excluding diaryl/α,β-unsaturated/α-hetero) is 1. The van der Waals surface area contributed by atoms with Gasteiger partial charge in [-0.1, -0.05) is 18.2 Å². The minimum absolute atomic E-state index is 0.134. The maximum atomic E-state index is 14.7. The third-order valence-electron chi connectivity index (χ3n) is 5.56. The van der Waals surface area contributed by atoms with Crippen LogP contribution in [0.15, 0.2) is 54.1 Å². The van der Waals surface area contributed by atoms with Crippen molar-refractivity contribution in [1.82, 2.24) is 4.90 Å². The molecule has 1 saturated heterocycles. The Bertz CT molecular complexity index is 969. The number of nitrogens with zero attached hydrogens (tertiary/aromatic N) is 1. The molecule has 2 aromatic carbocycles. The van der Waals surface area contributed by atoms with E-state index in [9.17, 15) is 23.5 Å². The normalized spacial score (nSPS) is 18.4. The quantitative estimate of drug-likeness (QED) is 0.415. The van der Waals surface area contributed by atoms with Crippen LogP contribution in [-0.4, -0.2) is 47.9 Å².